The van der Waals surface area contributed by atoms with E-state index in [-0.39, 0.29) is 11.2 Å². The Balaban J connectivity index is 1.76. The fourth-order valence-electron chi connectivity index (χ4n) is 3.99. The fourth-order valence-corrected chi connectivity index (χ4v) is 4.97. The van der Waals surface area contributed by atoms with Crippen LogP contribution in [0.25, 0.3) is 11.4 Å². The first-order chi connectivity index (χ1) is 14.5. The molecule has 164 valence electrons. The number of rotatable bonds is 9. The summed E-state index contributed by atoms with van der Waals surface area (Å²) in [6.45, 7) is 5.00. The standard InChI is InChI=1S/C23H34N4O2S/c1-5-6-16-27-21(18-12-14-20(29-4)15-13-18)24-25-23(27)30-17(2)22(28)26(3)19-10-8-7-9-11-19/h12-15,17,19H,5-11,16H2,1-4H3. The van der Waals surface area contributed by atoms with Crippen molar-refractivity contribution in [2.75, 3.05) is 14.2 Å². The summed E-state index contributed by atoms with van der Waals surface area (Å²) in [5, 5.41) is 9.55. The zero-order chi connectivity index (χ0) is 21.5. The monoisotopic (exact) mass is 430 g/mol. The molecule has 0 spiro atoms. The van der Waals surface area contributed by atoms with E-state index in [1.165, 1.54) is 31.0 Å². The average Bonchev–Trinajstić information content (AvgIpc) is 3.19. The van der Waals surface area contributed by atoms with Crippen LogP contribution in [0.4, 0.5) is 0 Å². The lowest BCUT2D eigenvalue weighted by molar-refractivity contribution is -0.131. The Hall–Kier alpha value is -2.02. The normalized spacial score (nSPS) is 15.7. The predicted octanol–water partition coefficient (Wildman–Crippen LogP) is 5.03. The third kappa shape index (κ3) is 5.36. The summed E-state index contributed by atoms with van der Waals surface area (Å²) in [5.41, 5.74) is 1.00. The first-order valence-corrected chi connectivity index (χ1v) is 11.9. The van der Waals surface area contributed by atoms with Gasteiger partial charge in [-0.05, 0) is 50.5 Å². The number of carbonyl (C=O) groups excluding carboxylic acids is 1. The Morgan fingerprint density at radius 2 is 1.93 bits per heavy atom. The van der Waals surface area contributed by atoms with Crippen LogP contribution in [-0.4, -0.2) is 51.0 Å². The average molecular weight is 431 g/mol. The molecule has 1 aromatic carbocycles. The van der Waals surface area contributed by atoms with Crippen molar-refractivity contribution in [3.05, 3.63) is 24.3 Å². The molecule has 6 nitrogen and oxygen atoms in total. The van der Waals surface area contributed by atoms with Crippen molar-refractivity contribution in [1.82, 2.24) is 19.7 Å². The molecule has 1 aromatic heterocycles. The molecule has 0 saturated heterocycles. The SMILES string of the molecule is CCCCn1c(SC(C)C(=O)N(C)C2CCCCC2)nnc1-c1ccc(OC)cc1. The van der Waals surface area contributed by atoms with Gasteiger partial charge in [0.2, 0.25) is 5.91 Å². The summed E-state index contributed by atoms with van der Waals surface area (Å²) in [4.78, 5) is 15.0. The number of carbonyl (C=O) groups is 1. The summed E-state index contributed by atoms with van der Waals surface area (Å²) in [6.07, 6.45) is 8.10. The van der Waals surface area contributed by atoms with E-state index in [4.69, 9.17) is 4.74 Å². The van der Waals surface area contributed by atoms with E-state index in [1.807, 2.05) is 43.1 Å². The summed E-state index contributed by atoms with van der Waals surface area (Å²) in [5.74, 6) is 1.84. The number of methoxy groups -OCH3 is 1. The molecule has 1 aliphatic rings. The first kappa shape index (κ1) is 22.7. The van der Waals surface area contributed by atoms with Gasteiger partial charge in [-0.25, -0.2) is 0 Å². The second kappa shape index (κ2) is 10.8. The topological polar surface area (TPSA) is 60.2 Å². The number of amides is 1. The third-order valence-electron chi connectivity index (χ3n) is 5.90. The van der Waals surface area contributed by atoms with Crippen molar-refractivity contribution in [2.24, 2.45) is 0 Å². The van der Waals surface area contributed by atoms with E-state index < -0.39 is 0 Å². The maximum atomic E-state index is 13.1. The number of hydrogen-bond acceptors (Lipinski definition) is 5. The van der Waals surface area contributed by atoms with E-state index in [0.717, 1.165) is 54.5 Å². The van der Waals surface area contributed by atoms with Gasteiger partial charge in [0.05, 0.1) is 12.4 Å². The molecule has 1 saturated carbocycles. The van der Waals surface area contributed by atoms with E-state index in [9.17, 15) is 4.79 Å². The third-order valence-corrected chi connectivity index (χ3v) is 6.97. The van der Waals surface area contributed by atoms with Crippen LogP contribution in [0.2, 0.25) is 0 Å². The number of ether oxygens (including phenoxy) is 1. The molecule has 0 bridgehead atoms. The number of aromatic nitrogens is 3. The molecular formula is C23H34N4O2S. The van der Waals surface area contributed by atoms with E-state index in [0.29, 0.717) is 6.04 Å². The van der Waals surface area contributed by atoms with Gasteiger partial charge in [-0.1, -0.05) is 44.4 Å². The van der Waals surface area contributed by atoms with Crippen LogP contribution in [0.5, 0.6) is 5.75 Å². The summed E-state index contributed by atoms with van der Waals surface area (Å²) in [6, 6.07) is 8.26. The molecule has 30 heavy (non-hydrogen) atoms. The van der Waals surface area contributed by atoms with Crippen LogP contribution in [0, 0.1) is 0 Å². The Kier molecular flexibility index (Phi) is 8.19. The maximum Gasteiger partial charge on any atom is 0.235 e. The highest BCUT2D eigenvalue weighted by atomic mass is 32.2. The van der Waals surface area contributed by atoms with Crippen LogP contribution in [0.15, 0.2) is 29.4 Å². The van der Waals surface area contributed by atoms with E-state index >= 15 is 0 Å². The minimum Gasteiger partial charge on any atom is -0.497 e. The Morgan fingerprint density at radius 3 is 2.57 bits per heavy atom. The second-order valence-corrected chi connectivity index (χ2v) is 9.35. The lowest BCUT2D eigenvalue weighted by Gasteiger charge is -2.32. The van der Waals surface area contributed by atoms with Gasteiger partial charge in [0, 0.05) is 25.2 Å². The van der Waals surface area contributed by atoms with Gasteiger partial charge >= 0.3 is 0 Å². The number of thioether (sulfide) groups is 1. The van der Waals surface area contributed by atoms with Crippen molar-refractivity contribution in [3.8, 4) is 17.1 Å². The molecular weight excluding hydrogens is 396 g/mol. The van der Waals surface area contributed by atoms with Gasteiger partial charge in [0.1, 0.15) is 5.75 Å². The Bertz CT molecular complexity index is 815. The molecule has 1 aliphatic carbocycles. The molecule has 3 rings (SSSR count). The zero-order valence-electron chi connectivity index (χ0n) is 18.6. The highest BCUT2D eigenvalue weighted by Gasteiger charge is 2.27. The molecule has 0 radical (unpaired) electrons. The molecule has 1 unspecified atom stereocenters. The van der Waals surface area contributed by atoms with Gasteiger partial charge in [0.25, 0.3) is 0 Å². The van der Waals surface area contributed by atoms with Gasteiger partial charge < -0.3 is 14.2 Å². The minimum absolute atomic E-state index is 0.183. The lowest BCUT2D eigenvalue weighted by Crippen LogP contribution is -2.42. The van der Waals surface area contributed by atoms with E-state index in [1.54, 1.807) is 7.11 Å². The summed E-state index contributed by atoms with van der Waals surface area (Å²) in [7, 11) is 3.62. The highest BCUT2D eigenvalue weighted by Crippen LogP contribution is 2.30. The van der Waals surface area contributed by atoms with Gasteiger partial charge in [-0.2, -0.15) is 0 Å². The molecule has 0 aliphatic heterocycles. The Morgan fingerprint density at radius 1 is 1.23 bits per heavy atom. The van der Waals surface area contributed by atoms with Crippen molar-refractivity contribution in [1.29, 1.82) is 0 Å². The van der Waals surface area contributed by atoms with Crippen LogP contribution in [-0.2, 0) is 11.3 Å². The molecule has 1 amide bonds. The van der Waals surface area contributed by atoms with Crippen LogP contribution in [0.1, 0.15) is 58.8 Å². The smallest absolute Gasteiger partial charge is 0.235 e. The van der Waals surface area contributed by atoms with Gasteiger partial charge in [0.15, 0.2) is 11.0 Å². The lowest BCUT2D eigenvalue weighted by atomic mass is 9.94. The van der Waals surface area contributed by atoms with Crippen LogP contribution < -0.4 is 4.74 Å². The highest BCUT2D eigenvalue weighted by molar-refractivity contribution is 8.00. The van der Waals surface area contributed by atoms with Crippen molar-refractivity contribution in [3.63, 3.8) is 0 Å². The van der Waals surface area contributed by atoms with E-state index in [2.05, 4.69) is 21.7 Å². The molecule has 1 atom stereocenters. The molecule has 1 fully saturated rings. The number of hydrogen-bond donors (Lipinski definition) is 0. The summed E-state index contributed by atoms with van der Waals surface area (Å²) < 4.78 is 7.42. The minimum atomic E-state index is -0.190. The first-order valence-electron chi connectivity index (χ1n) is 11.1. The quantitative estimate of drug-likeness (QED) is 0.523. The van der Waals surface area contributed by atoms with Crippen molar-refractivity contribution in [2.45, 2.75) is 81.8 Å². The summed E-state index contributed by atoms with van der Waals surface area (Å²) >= 11 is 1.52. The zero-order valence-corrected chi connectivity index (χ0v) is 19.5. The molecule has 1 heterocycles. The molecule has 0 N–H and O–H groups in total. The predicted molar refractivity (Wildman–Crippen MR) is 122 cm³/mol. The second-order valence-electron chi connectivity index (χ2n) is 8.04. The number of nitrogens with zero attached hydrogens (tertiary/aromatic N) is 4. The van der Waals surface area contributed by atoms with Gasteiger partial charge in [-0.15, -0.1) is 10.2 Å². The molecule has 7 heteroatoms. The van der Waals surface area contributed by atoms with Crippen LogP contribution in [0.3, 0.4) is 0 Å². The fraction of sp³-hybridized carbons (Fsp3) is 0.609. The van der Waals surface area contributed by atoms with Crippen molar-refractivity contribution < 1.29 is 9.53 Å². The molecule has 2 aromatic rings. The maximum absolute atomic E-state index is 13.1. The number of benzene rings is 1. The largest absolute Gasteiger partial charge is 0.497 e. The Labute approximate surface area is 184 Å². The van der Waals surface area contributed by atoms with Crippen molar-refractivity contribution >= 4 is 17.7 Å². The van der Waals surface area contributed by atoms with Crippen LogP contribution >= 0.6 is 11.8 Å². The van der Waals surface area contributed by atoms with Gasteiger partial charge in [-0.3, -0.25) is 4.79 Å². The number of unbranched alkanes of at least 4 members (excludes halogenated alkanes) is 1.